The first-order valence-corrected chi connectivity index (χ1v) is 23.3. The summed E-state index contributed by atoms with van der Waals surface area (Å²) in [7, 11) is 0. The van der Waals surface area contributed by atoms with E-state index in [-0.39, 0.29) is 10.8 Å². The van der Waals surface area contributed by atoms with Crippen LogP contribution in [0.2, 0.25) is 0 Å². The smallest absolute Gasteiger partial charge is 0.137 e. The van der Waals surface area contributed by atoms with E-state index in [1.807, 2.05) is 12.3 Å². The van der Waals surface area contributed by atoms with Gasteiger partial charge in [-0.1, -0.05) is 151 Å². The zero-order valence-corrected chi connectivity index (χ0v) is 39.0. The van der Waals surface area contributed by atoms with Crippen LogP contribution in [0.4, 0.5) is 22.7 Å². The number of anilines is 4. The molecular weight excluding hydrogens is 817 g/mol. The van der Waals surface area contributed by atoms with Crippen molar-refractivity contribution in [2.75, 3.05) is 16.5 Å². The molecule has 0 N–H and O–H groups in total. The van der Waals surface area contributed by atoms with Gasteiger partial charge in [-0.3, -0.25) is 4.57 Å². The van der Waals surface area contributed by atoms with Crippen LogP contribution in [0, 0.1) is 0 Å². The second-order valence-electron chi connectivity index (χ2n) is 19.8. The summed E-state index contributed by atoms with van der Waals surface area (Å²) in [6, 6.07) is 72.1. The Morgan fingerprint density at radius 3 is 1.72 bits per heavy atom. The SMILES string of the molecule is CC(C)(C)c1ccnc(-n2c3ccccc3c3ccc(Oc4cccc(N5CN(c6cc(C(C)(C)C)ccc6-c6cc(-c7ccccc7)cc(-c7ccccc7)c6)c6ccccc65)c4)cc32)c1. The van der Waals surface area contributed by atoms with Crippen LogP contribution < -0.4 is 14.5 Å². The van der Waals surface area contributed by atoms with E-state index in [9.17, 15) is 0 Å². The average Bonchev–Trinajstić information content (AvgIpc) is 3.90. The average molecular weight is 871 g/mol. The lowest BCUT2D eigenvalue weighted by molar-refractivity contribution is 0.483. The van der Waals surface area contributed by atoms with E-state index in [4.69, 9.17) is 9.72 Å². The highest BCUT2D eigenvalue weighted by Crippen LogP contribution is 2.49. The first-order valence-electron chi connectivity index (χ1n) is 23.3. The molecule has 0 unspecified atom stereocenters. The third-order valence-corrected chi connectivity index (χ3v) is 13.2. The van der Waals surface area contributed by atoms with Crippen LogP contribution in [0.25, 0.3) is 61.0 Å². The highest BCUT2D eigenvalue weighted by Gasteiger charge is 2.31. The number of rotatable bonds is 8. The van der Waals surface area contributed by atoms with Crippen molar-refractivity contribution in [2.24, 2.45) is 0 Å². The molecule has 67 heavy (non-hydrogen) atoms. The van der Waals surface area contributed by atoms with Gasteiger partial charge >= 0.3 is 0 Å². The van der Waals surface area contributed by atoms with Gasteiger partial charge in [0.2, 0.25) is 0 Å². The molecule has 8 aromatic carbocycles. The molecule has 2 aromatic heterocycles. The van der Waals surface area contributed by atoms with E-state index in [0.717, 1.165) is 50.8 Å². The van der Waals surface area contributed by atoms with Crippen LogP contribution in [0.15, 0.2) is 206 Å². The number of benzene rings is 8. The van der Waals surface area contributed by atoms with Crippen molar-refractivity contribution in [1.29, 1.82) is 0 Å². The van der Waals surface area contributed by atoms with E-state index in [1.54, 1.807) is 0 Å². The van der Waals surface area contributed by atoms with Gasteiger partial charge in [-0.15, -0.1) is 0 Å². The molecule has 5 nitrogen and oxygen atoms in total. The minimum Gasteiger partial charge on any atom is -0.457 e. The molecule has 0 radical (unpaired) electrons. The van der Waals surface area contributed by atoms with E-state index in [1.165, 1.54) is 55.6 Å². The zero-order chi connectivity index (χ0) is 45.9. The normalized spacial score (nSPS) is 12.8. The number of hydrogen-bond donors (Lipinski definition) is 0. The number of ether oxygens (including phenoxy) is 1. The minimum absolute atomic E-state index is 0.0115. The van der Waals surface area contributed by atoms with Crippen molar-refractivity contribution in [3.63, 3.8) is 0 Å². The predicted molar refractivity (Wildman–Crippen MR) is 281 cm³/mol. The molecule has 3 heterocycles. The molecule has 10 aromatic rings. The van der Waals surface area contributed by atoms with Crippen molar-refractivity contribution < 1.29 is 4.74 Å². The summed E-state index contributed by atoms with van der Waals surface area (Å²) >= 11 is 0. The van der Waals surface area contributed by atoms with Crippen molar-refractivity contribution in [1.82, 2.24) is 9.55 Å². The van der Waals surface area contributed by atoms with Crippen molar-refractivity contribution >= 4 is 44.6 Å². The van der Waals surface area contributed by atoms with E-state index >= 15 is 0 Å². The third-order valence-electron chi connectivity index (χ3n) is 13.2. The molecule has 1 aliphatic heterocycles. The largest absolute Gasteiger partial charge is 0.457 e. The number of hydrogen-bond acceptors (Lipinski definition) is 4. The van der Waals surface area contributed by atoms with E-state index < -0.39 is 0 Å². The summed E-state index contributed by atoms with van der Waals surface area (Å²) in [5.41, 5.74) is 16.3. The molecule has 0 amide bonds. The summed E-state index contributed by atoms with van der Waals surface area (Å²) in [4.78, 5) is 9.79. The number of pyridine rings is 1. The van der Waals surface area contributed by atoms with Crippen LogP contribution in [-0.4, -0.2) is 16.2 Å². The maximum absolute atomic E-state index is 6.80. The lowest BCUT2D eigenvalue weighted by atomic mass is 9.84. The summed E-state index contributed by atoms with van der Waals surface area (Å²) in [5, 5.41) is 2.34. The van der Waals surface area contributed by atoms with Crippen LogP contribution >= 0.6 is 0 Å². The molecular formula is C62H54N4O. The Labute approximate surface area is 394 Å². The summed E-state index contributed by atoms with van der Waals surface area (Å²) in [5.74, 6) is 2.43. The minimum atomic E-state index is -0.0523. The molecule has 328 valence electrons. The Hall–Kier alpha value is -7.89. The molecule has 1 aliphatic rings. The molecule has 5 heteroatoms. The number of nitrogens with zero attached hydrogens (tertiary/aromatic N) is 4. The van der Waals surface area contributed by atoms with Crippen LogP contribution in [0.5, 0.6) is 11.5 Å². The topological polar surface area (TPSA) is 33.5 Å². The van der Waals surface area contributed by atoms with Gasteiger partial charge in [0.05, 0.1) is 28.1 Å². The molecule has 0 saturated carbocycles. The van der Waals surface area contributed by atoms with E-state index in [0.29, 0.717) is 6.67 Å². The first kappa shape index (κ1) is 41.8. The molecule has 0 fully saturated rings. The Bertz CT molecular complexity index is 3390. The van der Waals surface area contributed by atoms with Gasteiger partial charge in [0, 0.05) is 40.4 Å². The van der Waals surface area contributed by atoms with Crippen LogP contribution in [-0.2, 0) is 10.8 Å². The standard InChI is InChI=1S/C62H54N4O/c1-61(2,3)47-28-30-52(46-35-44(42-18-9-7-10-19-42)34-45(36-46)43-20-11-8-12-21-43)58(37-47)65-41-64(56-26-15-16-27-57(56)65)49-22-17-23-50(39-49)67-51-29-31-54-53-24-13-14-25-55(53)66(59(54)40-51)60-38-48(32-33-63-60)62(4,5)6/h7-40H,41H2,1-6H3. The Kier molecular flexibility index (Phi) is 10.3. The van der Waals surface area contributed by atoms with Gasteiger partial charge in [-0.2, -0.15) is 0 Å². The highest BCUT2D eigenvalue weighted by molar-refractivity contribution is 6.09. The molecule has 0 aliphatic carbocycles. The predicted octanol–water partition coefficient (Wildman–Crippen LogP) is 16.8. The van der Waals surface area contributed by atoms with Crippen LogP contribution in [0.3, 0.4) is 0 Å². The van der Waals surface area contributed by atoms with Gasteiger partial charge in [0.15, 0.2) is 0 Å². The zero-order valence-electron chi connectivity index (χ0n) is 39.0. The fraction of sp³-hybridized carbons (Fsp3) is 0.145. The fourth-order valence-corrected chi connectivity index (χ4v) is 9.60. The summed E-state index contributed by atoms with van der Waals surface area (Å²) in [6.45, 7) is 14.2. The lowest BCUT2D eigenvalue weighted by Crippen LogP contribution is -2.25. The van der Waals surface area contributed by atoms with Crippen LogP contribution in [0.1, 0.15) is 52.7 Å². The van der Waals surface area contributed by atoms with Gasteiger partial charge in [0.1, 0.15) is 24.0 Å². The third kappa shape index (κ3) is 7.91. The monoisotopic (exact) mass is 870 g/mol. The van der Waals surface area contributed by atoms with Gasteiger partial charge in [-0.25, -0.2) is 4.98 Å². The van der Waals surface area contributed by atoms with Gasteiger partial charge < -0.3 is 14.5 Å². The quantitative estimate of drug-likeness (QED) is 0.152. The first-order chi connectivity index (χ1) is 32.5. The molecule has 0 bridgehead atoms. The van der Waals surface area contributed by atoms with Gasteiger partial charge in [0.25, 0.3) is 0 Å². The van der Waals surface area contributed by atoms with Gasteiger partial charge in [-0.05, 0) is 129 Å². The second-order valence-corrected chi connectivity index (χ2v) is 19.8. The maximum Gasteiger partial charge on any atom is 0.137 e. The number of aromatic nitrogens is 2. The summed E-state index contributed by atoms with van der Waals surface area (Å²) < 4.78 is 9.07. The Morgan fingerprint density at radius 2 is 1.01 bits per heavy atom. The summed E-state index contributed by atoms with van der Waals surface area (Å²) in [6.07, 6.45) is 1.92. The van der Waals surface area contributed by atoms with Crippen molar-refractivity contribution in [3.8, 4) is 50.7 Å². The Balaban J connectivity index is 0.978. The second kappa shape index (κ2) is 16.5. The number of para-hydroxylation sites is 3. The highest BCUT2D eigenvalue weighted by atomic mass is 16.5. The van der Waals surface area contributed by atoms with E-state index in [2.05, 4.69) is 250 Å². The fourth-order valence-electron chi connectivity index (χ4n) is 9.60. The van der Waals surface area contributed by atoms with Crippen molar-refractivity contribution in [3.05, 3.63) is 218 Å². The molecule has 0 saturated heterocycles. The number of fused-ring (bicyclic) bond motifs is 4. The maximum atomic E-state index is 6.80. The molecule has 0 atom stereocenters. The molecule has 11 rings (SSSR count). The van der Waals surface area contributed by atoms with Crippen molar-refractivity contribution in [2.45, 2.75) is 52.4 Å². The molecule has 0 spiro atoms. The Morgan fingerprint density at radius 1 is 0.418 bits per heavy atom. The lowest BCUT2D eigenvalue weighted by Gasteiger charge is -2.28.